The zero-order valence-electron chi connectivity index (χ0n) is 17.5. The summed E-state index contributed by atoms with van der Waals surface area (Å²) in [5.74, 6) is -1.72. The standard InChI is InChI=1S/C21H25F4N6/c1-4-27-7-8-31-10-16(13-5-6-15(22)14(9-13)20(23,24)25)30-19(31)18-17(12(2)3)21(31,26)29-11-28-18/h5-6,9-12,27H,4,7-8,26H2,1-3H3,(H,28,29)/q+1. The quantitative estimate of drug-likeness (QED) is 0.364. The first-order valence-corrected chi connectivity index (χ1v) is 10.2. The summed E-state index contributed by atoms with van der Waals surface area (Å²) in [6.07, 6.45) is -1.50. The molecule has 2 atom stereocenters. The summed E-state index contributed by atoms with van der Waals surface area (Å²) < 4.78 is 53.6. The van der Waals surface area contributed by atoms with E-state index in [1.54, 1.807) is 12.5 Å². The minimum absolute atomic E-state index is 0.0758. The van der Waals surface area contributed by atoms with Crippen LogP contribution in [0, 0.1) is 11.7 Å². The molecule has 4 rings (SSSR count). The van der Waals surface area contributed by atoms with Crippen LogP contribution in [-0.4, -0.2) is 42.1 Å². The summed E-state index contributed by atoms with van der Waals surface area (Å²) in [6, 6.07) is 2.91. The van der Waals surface area contributed by atoms with Crippen molar-refractivity contribution in [1.82, 2.24) is 10.6 Å². The normalized spacial score (nSPS) is 26.9. The first kappa shape index (κ1) is 21.7. The largest absolute Gasteiger partial charge is 0.419 e. The Morgan fingerprint density at radius 2 is 2.03 bits per heavy atom. The molecule has 31 heavy (non-hydrogen) atoms. The smallest absolute Gasteiger partial charge is 0.312 e. The third kappa shape index (κ3) is 3.12. The van der Waals surface area contributed by atoms with Gasteiger partial charge in [-0.05, 0) is 30.7 Å². The summed E-state index contributed by atoms with van der Waals surface area (Å²) in [4.78, 5) is 9.16. The lowest BCUT2D eigenvalue weighted by atomic mass is 9.94. The lowest BCUT2D eigenvalue weighted by Crippen LogP contribution is -2.74. The molecule has 0 spiro atoms. The van der Waals surface area contributed by atoms with Crippen LogP contribution in [0.2, 0.25) is 0 Å². The van der Waals surface area contributed by atoms with E-state index in [9.17, 15) is 17.6 Å². The Hall–Kier alpha value is -2.56. The Morgan fingerprint density at radius 3 is 2.68 bits per heavy atom. The number of alkyl halides is 3. The molecule has 0 aliphatic carbocycles. The number of benzene rings is 1. The molecule has 2 unspecified atom stereocenters. The molecule has 10 heteroatoms. The molecule has 166 valence electrons. The molecule has 4 N–H and O–H groups in total. The van der Waals surface area contributed by atoms with Gasteiger partial charge >= 0.3 is 6.18 Å². The monoisotopic (exact) mass is 437 g/mol. The van der Waals surface area contributed by atoms with Gasteiger partial charge in [-0.15, -0.1) is 0 Å². The van der Waals surface area contributed by atoms with E-state index in [1.807, 2.05) is 20.8 Å². The van der Waals surface area contributed by atoms with Gasteiger partial charge in [0, 0.05) is 12.1 Å². The highest BCUT2D eigenvalue weighted by atomic mass is 19.4. The van der Waals surface area contributed by atoms with E-state index in [0.717, 1.165) is 24.3 Å². The van der Waals surface area contributed by atoms with Gasteiger partial charge in [0.05, 0.1) is 17.5 Å². The first-order valence-electron chi connectivity index (χ1n) is 10.2. The molecule has 3 heterocycles. The van der Waals surface area contributed by atoms with Crippen molar-refractivity contribution in [3.63, 3.8) is 0 Å². The van der Waals surface area contributed by atoms with Gasteiger partial charge in [0.1, 0.15) is 24.3 Å². The number of nitrogens with one attached hydrogen (secondary N) is 2. The fourth-order valence-corrected chi connectivity index (χ4v) is 4.58. The van der Waals surface area contributed by atoms with E-state index in [1.165, 1.54) is 6.07 Å². The van der Waals surface area contributed by atoms with Crippen LogP contribution in [0.15, 0.2) is 45.7 Å². The summed E-state index contributed by atoms with van der Waals surface area (Å²) in [5, 5.41) is 6.46. The number of nitrogens with two attached hydrogens (primary N) is 1. The van der Waals surface area contributed by atoms with Crippen LogP contribution in [-0.2, 0) is 6.18 Å². The van der Waals surface area contributed by atoms with Crippen molar-refractivity contribution in [2.75, 3.05) is 19.6 Å². The lowest BCUT2D eigenvalue weighted by Gasteiger charge is -2.43. The van der Waals surface area contributed by atoms with Crippen molar-refractivity contribution >= 4 is 17.9 Å². The first-order chi connectivity index (χ1) is 14.5. The molecular formula is C21H25F4N6+. The van der Waals surface area contributed by atoms with Crippen LogP contribution in [0.5, 0.6) is 0 Å². The molecule has 0 fully saturated rings. The zero-order valence-corrected chi connectivity index (χ0v) is 17.5. The average molecular weight is 437 g/mol. The highest BCUT2D eigenvalue weighted by Crippen LogP contribution is 2.48. The number of hydrogen-bond acceptors (Lipinski definition) is 5. The van der Waals surface area contributed by atoms with Crippen LogP contribution in [0.4, 0.5) is 17.6 Å². The van der Waals surface area contributed by atoms with E-state index < -0.39 is 23.3 Å². The highest BCUT2D eigenvalue weighted by molar-refractivity contribution is 6.04. The molecular weight excluding hydrogens is 412 g/mol. The van der Waals surface area contributed by atoms with Gasteiger partial charge < -0.3 is 10.6 Å². The fraction of sp³-hybridized carbons (Fsp3) is 0.429. The minimum atomic E-state index is -4.80. The SMILES string of the molecule is CCNCC[N+]12C=C(c3ccc(F)c(C(F)(F)F)c3)N=C1C1=C(C(C)C)C2(N)NC=N1. The van der Waals surface area contributed by atoms with Crippen LogP contribution in [0.1, 0.15) is 31.9 Å². The van der Waals surface area contributed by atoms with Crippen molar-refractivity contribution in [1.29, 1.82) is 0 Å². The second kappa shape index (κ2) is 7.25. The van der Waals surface area contributed by atoms with Crippen molar-refractivity contribution in [2.24, 2.45) is 21.6 Å². The maximum Gasteiger partial charge on any atom is 0.419 e. The predicted octanol–water partition coefficient (Wildman–Crippen LogP) is 3.15. The van der Waals surface area contributed by atoms with Crippen molar-refractivity contribution in [3.8, 4) is 0 Å². The number of aliphatic imine (C=N–C) groups is 2. The highest BCUT2D eigenvalue weighted by Gasteiger charge is 2.65. The van der Waals surface area contributed by atoms with Crippen molar-refractivity contribution in [2.45, 2.75) is 32.7 Å². The zero-order chi connectivity index (χ0) is 22.6. The topological polar surface area (TPSA) is 74.8 Å². The molecule has 0 saturated carbocycles. The van der Waals surface area contributed by atoms with Gasteiger partial charge in [0.2, 0.25) is 0 Å². The van der Waals surface area contributed by atoms with E-state index >= 15 is 0 Å². The number of likely N-dealkylation sites (N-methyl/N-ethyl adjacent to an activating group) is 1. The van der Waals surface area contributed by atoms with Gasteiger partial charge in [-0.25, -0.2) is 13.9 Å². The second-order valence-electron chi connectivity index (χ2n) is 8.17. The molecule has 0 radical (unpaired) electrons. The maximum atomic E-state index is 13.8. The molecule has 1 aromatic carbocycles. The number of amidine groups is 1. The van der Waals surface area contributed by atoms with Crippen LogP contribution >= 0.6 is 0 Å². The summed E-state index contributed by atoms with van der Waals surface area (Å²) >= 11 is 0. The Balaban J connectivity index is 1.87. The Labute approximate surface area is 177 Å². The fourth-order valence-electron chi connectivity index (χ4n) is 4.58. The number of quaternary nitrogens is 1. The van der Waals surface area contributed by atoms with Gasteiger partial charge in [-0.3, -0.25) is 5.73 Å². The van der Waals surface area contributed by atoms with Crippen LogP contribution in [0.25, 0.3) is 5.70 Å². The molecule has 0 saturated heterocycles. The minimum Gasteiger partial charge on any atom is -0.312 e. The molecule has 3 aliphatic rings. The van der Waals surface area contributed by atoms with E-state index in [2.05, 4.69) is 20.6 Å². The number of halogens is 4. The summed E-state index contributed by atoms with van der Waals surface area (Å²) in [6.45, 7) is 7.90. The van der Waals surface area contributed by atoms with Gasteiger partial charge in [-0.2, -0.15) is 18.2 Å². The maximum absolute atomic E-state index is 13.8. The van der Waals surface area contributed by atoms with Crippen molar-refractivity contribution in [3.05, 3.63) is 52.6 Å². The summed E-state index contributed by atoms with van der Waals surface area (Å²) in [7, 11) is 0. The number of rotatable bonds is 6. The number of hydrogen-bond donors (Lipinski definition) is 3. The lowest BCUT2D eigenvalue weighted by molar-refractivity contribution is -0.835. The molecule has 0 amide bonds. The molecule has 1 aromatic rings. The van der Waals surface area contributed by atoms with E-state index in [4.69, 9.17) is 5.73 Å². The average Bonchev–Trinajstić information content (AvgIpc) is 3.12. The predicted molar refractivity (Wildman–Crippen MR) is 111 cm³/mol. The number of nitrogens with zero attached hydrogens (tertiary/aromatic N) is 3. The molecule has 6 nitrogen and oxygen atoms in total. The van der Waals surface area contributed by atoms with Crippen molar-refractivity contribution < 1.29 is 22.0 Å². The number of fused-ring (bicyclic) bond motifs is 4. The third-order valence-electron chi connectivity index (χ3n) is 5.97. The molecule has 0 aromatic heterocycles. The third-order valence-corrected chi connectivity index (χ3v) is 5.97. The van der Waals surface area contributed by atoms with Gasteiger partial charge in [0.25, 0.3) is 11.6 Å². The Morgan fingerprint density at radius 1 is 1.29 bits per heavy atom. The van der Waals surface area contributed by atoms with E-state index in [-0.39, 0.29) is 16.0 Å². The summed E-state index contributed by atoms with van der Waals surface area (Å²) in [5.41, 5.74) is 7.64. The molecule has 3 aliphatic heterocycles. The van der Waals surface area contributed by atoms with Gasteiger partial charge in [0.15, 0.2) is 5.70 Å². The second-order valence-corrected chi connectivity index (χ2v) is 8.17. The van der Waals surface area contributed by atoms with Crippen LogP contribution in [0.3, 0.4) is 0 Å². The van der Waals surface area contributed by atoms with E-state index in [0.29, 0.717) is 30.3 Å². The Kier molecular flexibility index (Phi) is 5.07. The van der Waals surface area contributed by atoms with Crippen LogP contribution < -0.4 is 16.4 Å². The van der Waals surface area contributed by atoms with Gasteiger partial charge in [-0.1, -0.05) is 20.8 Å². The Bertz CT molecular complexity index is 1040. The molecule has 2 bridgehead atoms.